The Morgan fingerprint density at radius 3 is 2.50 bits per heavy atom. The maximum atomic E-state index is 3.83. The molecule has 0 fully saturated rings. The molecule has 0 saturated heterocycles. The van der Waals surface area contributed by atoms with Crippen LogP contribution in [0.15, 0.2) is 54.4 Å². The highest BCUT2D eigenvalue weighted by Crippen LogP contribution is 2.06. The van der Waals surface area contributed by atoms with Crippen LogP contribution in [0.25, 0.3) is 0 Å². The van der Waals surface area contributed by atoms with E-state index in [-0.39, 0.29) is 0 Å². The molecular weight excluding hydrogens is 170 g/mol. The van der Waals surface area contributed by atoms with Crippen LogP contribution in [0.5, 0.6) is 0 Å². The monoisotopic (exact) mass is 187 g/mol. The normalized spacial score (nSPS) is 11.1. The van der Waals surface area contributed by atoms with Crippen LogP contribution >= 0.6 is 0 Å². The Morgan fingerprint density at radius 1 is 1.36 bits per heavy atom. The van der Waals surface area contributed by atoms with Gasteiger partial charge in [0, 0.05) is 17.8 Å². The lowest BCUT2D eigenvalue weighted by Crippen LogP contribution is -2.11. The van der Waals surface area contributed by atoms with Crippen LogP contribution in [0.2, 0.25) is 0 Å². The van der Waals surface area contributed by atoms with Crippen LogP contribution in [0.1, 0.15) is 19.4 Å². The number of hydrogen-bond acceptors (Lipinski definition) is 1. The molecule has 14 heavy (non-hydrogen) atoms. The summed E-state index contributed by atoms with van der Waals surface area (Å²) >= 11 is 0. The van der Waals surface area contributed by atoms with Crippen molar-refractivity contribution in [1.82, 2.24) is 5.32 Å². The minimum absolute atomic E-state index is 0.935. The van der Waals surface area contributed by atoms with Crippen LogP contribution in [0, 0.1) is 0 Å². The number of rotatable bonds is 4. The van der Waals surface area contributed by atoms with Crippen LogP contribution in [0.3, 0.4) is 0 Å². The topological polar surface area (TPSA) is 12.0 Å². The highest BCUT2D eigenvalue weighted by molar-refractivity contribution is 5.22. The predicted molar refractivity (Wildman–Crippen MR) is 61.9 cm³/mol. The highest BCUT2D eigenvalue weighted by atomic mass is 14.9. The molecule has 1 rings (SSSR count). The first-order valence-electron chi connectivity index (χ1n) is 4.84. The van der Waals surface area contributed by atoms with Gasteiger partial charge in [0.05, 0.1) is 0 Å². The number of hydrogen-bond donors (Lipinski definition) is 1. The fourth-order valence-corrected chi connectivity index (χ4v) is 1.31. The first kappa shape index (κ1) is 10.6. The zero-order chi connectivity index (χ0) is 10.4. The van der Waals surface area contributed by atoms with E-state index in [1.807, 2.05) is 19.9 Å². The Bertz CT molecular complexity index is 322. The quantitative estimate of drug-likeness (QED) is 0.763. The Balaban J connectivity index is 2.63. The fraction of sp³-hybridized carbons (Fsp3) is 0.231. The van der Waals surface area contributed by atoms with Gasteiger partial charge in [-0.2, -0.15) is 0 Å². The minimum Gasteiger partial charge on any atom is -0.363 e. The molecule has 0 aliphatic heterocycles. The largest absolute Gasteiger partial charge is 0.363 e. The van der Waals surface area contributed by atoms with Gasteiger partial charge in [-0.05, 0) is 19.4 Å². The zero-order valence-electron chi connectivity index (χ0n) is 8.88. The van der Waals surface area contributed by atoms with Gasteiger partial charge in [-0.25, -0.2) is 0 Å². The van der Waals surface area contributed by atoms with Crippen LogP contribution < -0.4 is 5.32 Å². The van der Waals surface area contributed by atoms with Gasteiger partial charge < -0.3 is 5.32 Å². The summed E-state index contributed by atoms with van der Waals surface area (Å²) in [7, 11) is 0. The molecule has 0 aliphatic carbocycles. The summed E-state index contributed by atoms with van der Waals surface area (Å²) < 4.78 is 0. The molecule has 0 radical (unpaired) electrons. The van der Waals surface area contributed by atoms with Crippen molar-refractivity contribution in [1.29, 1.82) is 0 Å². The molecule has 0 bridgehead atoms. The van der Waals surface area contributed by atoms with Gasteiger partial charge in [0.25, 0.3) is 0 Å². The summed E-state index contributed by atoms with van der Waals surface area (Å²) in [6.45, 7) is 7.84. The summed E-state index contributed by atoms with van der Waals surface area (Å²) in [6, 6.07) is 10.4. The molecule has 0 aliphatic rings. The molecule has 0 saturated carbocycles. The average Bonchev–Trinajstić information content (AvgIpc) is 2.17. The van der Waals surface area contributed by atoms with Gasteiger partial charge in [0.2, 0.25) is 0 Å². The Labute approximate surface area is 86.2 Å². The van der Waals surface area contributed by atoms with E-state index in [0.717, 1.165) is 12.1 Å². The molecule has 1 aromatic carbocycles. The van der Waals surface area contributed by atoms with Crippen LogP contribution in [-0.2, 0) is 6.42 Å². The molecular formula is C13H17N. The third-order valence-corrected chi connectivity index (χ3v) is 1.96. The first-order chi connectivity index (χ1) is 6.72. The lowest BCUT2D eigenvalue weighted by atomic mass is 10.1. The average molecular weight is 187 g/mol. The van der Waals surface area contributed by atoms with Crippen LogP contribution in [0.4, 0.5) is 0 Å². The summed E-state index contributed by atoms with van der Waals surface area (Å²) in [5.41, 5.74) is 3.49. The molecule has 0 aromatic heterocycles. The smallest absolute Gasteiger partial charge is 0.0149 e. The molecule has 1 aromatic rings. The lowest BCUT2D eigenvalue weighted by Gasteiger charge is -2.09. The summed E-state index contributed by atoms with van der Waals surface area (Å²) in [6.07, 6.45) is 3.02. The zero-order valence-corrected chi connectivity index (χ0v) is 8.88. The van der Waals surface area contributed by atoms with E-state index in [0.29, 0.717) is 0 Å². The van der Waals surface area contributed by atoms with Crippen molar-refractivity contribution < 1.29 is 0 Å². The minimum atomic E-state index is 0.935. The standard InChI is InChI=1S/C13H17N/c1-4-13(14-11(2)3)10-12-8-6-5-7-9-12/h4-9,14H,2,10H2,1,3H3/b13-4-. The van der Waals surface area contributed by atoms with Gasteiger partial charge in [-0.1, -0.05) is 43.0 Å². The van der Waals surface area contributed by atoms with Gasteiger partial charge in [0.1, 0.15) is 0 Å². The summed E-state index contributed by atoms with van der Waals surface area (Å²) in [4.78, 5) is 0. The Kier molecular flexibility index (Phi) is 3.99. The number of nitrogens with one attached hydrogen (secondary N) is 1. The second-order valence-corrected chi connectivity index (χ2v) is 3.38. The second-order valence-electron chi connectivity index (χ2n) is 3.38. The second kappa shape index (κ2) is 5.28. The van der Waals surface area contributed by atoms with E-state index >= 15 is 0 Å². The molecule has 0 heterocycles. The van der Waals surface area contributed by atoms with Crippen molar-refractivity contribution in [3.63, 3.8) is 0 Å². The van der Waals surface area contributed by atoms with Crippen LogP contribution in [-0.4, -0.2) is 0 Å². The highest BCUT2D eigenvalue weighted by Gasteiger charge is 1.97. The third kappa shape index (κ3) is 3.48. The lowest BCUT2D eigenvalue weighted by molar-refractivity contribution is 0.909. The maximum Gasteiger partial charge on any atom is 0.0149 e. The van der Waals surface area contributed by atoms with Gasteiger partial charge in [0.15, 0.2) is 0 Å². The third-order valence-electron chi connectivity index (χ3n) is 1.96. The number of benzene rings is 1. The van der Waals surface area contributed by atoms with Gasteiger partial charge in [-0.3, -0.25) is 0 Å². The van der Waals surface area contributed by atoms with E-state index < -0.39 is 0 Å². The van der Waals surface area contributed by atoms with Crippen molar-refractivity contribution >= 4 is 0 Å². The van der Waals surface area contributed by atoms with Crippen molar-refractivity contribution in [2.24, 2.45) is 0 Å². The molecule has 0 atom stereocenters. The molecule has 0 amide bonds. The van der Waals surface area contributed by atoms with Crippen molar-refractivity contribution in [3.05, 3.63) is 59.9 Å². The van der Waals surface area contributed by atoms with Gasteiger partial charge in [-0.15, -0.1) is 0 Å². The van der Waals surface area contributed by atoms with Gasteiger partial charge >= 0.3 is 0 Å². The van der Waals surface area contributed by atoms with Crippen molar-refractivity contribution in [2.45, 2.75) is 20.3 Å². The molecule has 0 unspecified atom stereocenters. The number of allylic oxidation sites excluding steroid dienone is 3. The van der Waals surface area contributed by atoms with E-state index in [1.165, 1.54) is 11.3 Å². The molecule has 74 valence electrons. The SMILES string of the molecule is C=C(C)N/C(=C\C)Cc1ccccc1. The molecule has 0 spiro atoms. The maximum absolute atomic E-state index is 3.83. The van der Waals surface area contributed by atoms with Crippen molar-refractivity contribution in [3.8, 4) is 0 Å². The molecule has 1 N–H and O–H groups in total. The van der Waals surface area contributed by atoms with E-state index in [1.54, 1.807) is 0 Å². The summed E-state index contributed by atoms with van der Waals surface area (Å²) in [5.74, 6) is 0. The Morgan fingerprint density at radius 2 is 2.00 bits per heavy atom. The molecule has 1 nitrogen and oxygen atoms in total. The molecule has 1 heteroatoms. The summed E-state index contributed by atoms with van der Waals surface area (Å²) in [5, 5.41) is 3.24. The van der Waals surface area contributed by atoms with Crippen molar-refractivity contribution in [2.75, 3.05) is 0 Å². The first-order valence-corrected chi connectivity index (χ1v) is 4.84. The predicted octanol–water partition coefficient (Wildman–Crippen LogP) is 3.26. The van der Waals surface area contributed by atoms with E-state index in [9.17, 15) is 0 Å². The fourth-order valence-electron chi connectivity index (χ4n) is 1.31. The Hall–Kier alpha value is -1.50. The van der Waals surface area contributed by atoms with E-state index in [2.05, 4.69) is 42.2 Å². The van der Waals surface area contributed by atoms with E-state index in [4.69, 9.17) is 0 Å².